The number of sulfonamides is 1. The van der Waals surface area contributed by atoms with Crippen molar-refractivity contribution in [3.8, 4) is 0 Å². The molecule has 1 heterocycles. The first kappa shape index (κ1) is 15.8. The van der Waals surface area contributed by atoms with E-state index in [1.165, 1.54) is 6.07 Å². The first-order chi connectivity index (χ1) is 8.24. The minimum atomic E-state index is -3.81. The van der Waals surface area contributed by atoms with Crippen molar-refractivity contribution in [2.24, 2.45) is 0 Å². The van der Waals surface area contributed by atoms with Crippen LogP contribution in [0, 0.1) is 0 Å². The maximum Gasteiger partial charge on any atom is 0.338 e. The SMILES string of the molecule is O=C(O)C(F)CCNS(=O)(=O)c1sc(Cl)cc1Br. The van der Waals surface area contributed by atoms with Crippen LogP contribution in [0.15, 0.2) is 14.7 Å². The molecule has 5 nitrogen and oxygen atoms in total. The fourth-order valence-electron chi connectivity index (χ4n) is 1.02. The minimum absolute atomic E-state index is 0.0294. The average Bonchev–Trinajstić information content (AvgIpc) is 2.58. The number of rotatable bonds is 6. The Hall–Kier alpha value is -0.220. The number of hydrogen-bond donors (Lipinski definition) is 2. The smallest absolute Gasteiger partial charge is 0.338 e. The van der Waals surface area contributed by atoms with Crippen LogP contribution in [-0.4, -0.2) is 32.2 Å². The largest absolute Gasteiger partial charge is 0.479 e. The van der Waals surface area contributed by atoms with Crippen molar-refractivity contribution in [3.63, 3.8) is 0 Å². The number of carboxylic acid groups (broad SMARTS) is 1. The van der Waals surface area contributed by atoms with Crippen LogP contribution in [0.25, 0.3) is 0 Å². The van der Waals surface area contributed by atoms with Crippen LogP contribution in [-0.2, 0) is 14.8 Å². The first-order valence-corrected chi connectivity index (χ1v) is 8.02. The van der Waals surface area contributed by atoms with Gasteiger partial charge in [0.05, 0.1) is 8.81 Å². The van der Waals surface area contributed by atoms with Crippen molar-refractivity contribution in [2.45, 2.75) is 16.8 Å². The van der Waals surface area contributed by atoms with Gasteiger partial charge in [-0.15, -0.1) is 11.3 Å². The maximum absolute atomic E-state index is 12.7. The molecule has 0 amide bonds. The zero-order chi connectivity index (χ0) is 13.9. The van der Waals surface area contributed by atoms with Crippen LogP contribution < -0.4 is 4.72 Å². The Balaban J connectivity index is 2.66. The fourth-order valence-corrected chi connectivity index (χ4v) is 5.12. The molecule has 0 saturated heterocycles. The summed E-state index contributed by atoms with van der Waals surface area (Å²) in [6.07, 6.45) is -2.53. The molecule has 0 radical (unpaired) electrons. The number of carbonyl (C=O) groups is 1. The summed E-state index contributed by atoms with van der Waals surface area (Å²) in [6.45, 7) is -0.308. The summed E-state index contributed by atoms with van der Waals surface area (Å²) in [7, 11) is -3.81. The third-order valence-corrected chi connectivity index (χ3v) is 6.24. The van der Waals surface area contributed by atoms with Crippen LogP contribution in [0.2, 0.25) is 4.34 Å². The van der Waals surface area contributed by atoms with E-state index in [9.17, 15) is 17.6 Å². The molecule has 1 atom stereocenters. The molecule has 102 valence electrons. The van der Waals surface area contributed by atoms with Crippen LogP contribution in [0.3, 0.4) is 0 Å². The Labute approximate surface area is 120 Å². The predicted molar refractivity (Wildman–Crippen MR) is 69.4 cm³/mol. The van der Waals surface area contributed by atoms with Crippen molar-refractivity contribution in [2.75, 3.05) is 6.54 Å². The molecule has 1 unspecified atom stereocenters. The molecule has 10 heteroatoms. The van der Waals surface area contributed by atoms with E-state index in [1.54, 1.807) is 0 Å². The van der Waals surface area contributed by atoms with Crippen LogP contribution in [0.5, 0.6) is 0 Å². The van der Waals surface area contributed by atoms with E-state index in [-0.39, 0.29) is 15.1 Å². The highest BCUT2D eigenvalue weighted by atomic mass is 79.9. The third kappa shape index (κ3) is 4.16. The molecule has 1 rings (SSSR count). The Morgan fingerprint density at radius 1 is 1.67 bits per heavy atom. The van der Waals surface area contributed by atoms with Gasteiger partial charge in [0, 0.05) is 13.0 Å². The van der Waals surface area contributed by atoms with Crippen LogP contribution in [0.1, 0.15) is 6.42 Å². The first-order valence-electron chi connectivity index (χ1n) is 4.55. The Morgan fingerprint density at radius 3 is 2.72 bits per heavy atom. The van der Waals surface area contributed by atoms with E-state index in [4.69, 9.17) is 16.7 Å². The van der Waals surface area contributed by atoms with E-state index >= 15 is 0 Å². The molecule has 0 fully saturated rings. The number of aliphatic carboxylic acids is 1. The van der Waals surface area contributed by atoms with Gasteiger partial charge in [-0.3, -0.25) is 0 Å². The molecule has 0 spiro atoms. The van der Waals surface area contributed by atoms with Gasteiger partial charge in [0.2, 0.25) is 0 Å². The predicted octanol–water partition coefficient (Wildman–Crippen LogP) is 2.26. The minimum Gasteiger partial charge on any atom is -0.479 e. The molecule has 1 aromatic heterocycles. The van der Waals surface area contributed by atoms with Crippen LogP contribution >= 0.6 is 38.9 Å². The van der Waals surface area contributed by atoms with Gasteiger partial charge in [0.1, 0.15) is 0 Å². The van der Waals surface area contributed by atoms with Crippen LogP contribution in [0.4, 0.5) is 4.39 Å². The molecule has 2 N–H and O–H groups in total. The second kappa shape index (κ2) is 6.29. The van der Waals surface area contributed by atoms with E-state index in [2.05, 4.69) is 20.7 Å². The van der Waals surface area contributed by atoms with Gasteiger partial charge >= 0.3 is 5.97 Å². The van der Waals surface area contributed by atoms with E-state index in [0.29, 0.717) is 4.47 Å². The fraction of sp³-hybridized carbons (Fsp3) is 0.375. The lowest BCUT2D eigenvalue weighted by atomic mass is 10.3. The quantitative estimate of drug-likeness (QED) is 0.793. The van der Waals surface area contributed by atoms with Gasteiger partial charge < -0.3 is 5.11 Å². The molecule has 0 aromatic carbocycles. The zero-order valence-electron chi connectivity index (χ0n) is 8.69. The molecular formula is C8H8BrClFNO4S2. The van der Waals surface area contributed by atoms with E-state index < -0.39 is 28.6 Å². The summed E-state index contributed by atoms with van der Waals surface area (Å²) in [5.74, 6) is -1.62. The Bertz CT molecular complexity index is 547. The highest BCUT2D eigenvalue weighted by Gasteiger charge is 2.22. The molecule has 0 bridgehead atoms. The second-order valence-corrected chi connectivity index (χ2v) is 7.68. The average molecular weight is 381 g/mol. The van der Waals surface area contributed by atoms with Gasteiger partial charge in [-0.2, -0.15) is 0 Å². The summed E-state index contributed by atoms with van der Waals surface area (Å²) < 4.78 is 38.9. The van der Waals surface area contributed by atoms with Gasteiger partial charge in [0.15, 0.2) is 10.4 Å². The van der Waals surface area contributed by atoms with Crippen molar-refractivity contribution in [1.29, 1.82) is 0 Å². The lowest BCUT2D eigenvalue weighted by Gasteiger charge is -2.06. The molecule has 0 aliphatic carbocycles. The summed E-state index contributed by atoms with van der Waals surface area (Å²) in [4.78, 5) is 10.2. The lowest BCUT2D eigenvalue weighted by molar-refractivity contribution is -0.142. The standard InChI is InChI=1S/C8H8BrClFNO4S2/c9-4-3-6(10)17-8(4)18(15,16)12-2-1-5(11)7(13)14/h3,5,12H,1-2H2,(H,13,14). The second-order valence-electron chi connectivity index (χ2n) is 3.18. The van der Waals surface area contributed by atoms with Crippen molar-refractivity contribution in [3.05, 3.63) is 14.9 Å². The number of alkyl halides is 1. The number of carboxylic acids is 1. The highest BCUT2D eigenvalue weighted by Crippen LogP contribution is 2.34. The van der Waals surface area contributed by atoms with Crippen molar-refractivity contribution >= 4 is 54.9 Å². The normalized spacial score (nSPS) is 13.5. The maximum atomic E-state index is 12.7. The monoisotopic (exact) mass is 379 g/mol. The molecule has 1 aromatic rings. The Kier molecular flexibility index (Phi) is 5.53. The molecule has 0 saturated carbocycles. The van der Waals surface area contributed by atoms with Gasteiger partial charge in [0.25, 0.3) is 10.0 Å². The molecule has 18 heavy (non-hydrogen) atoms. The number of halogens is 3. The lowest BCUT2D eigenvalue weighted by Crippen LogP contribution is -2.28. The molecular weight excluding hydrogens is 373 g/mol. The van der Waals surface area contributed by atoms with Gasteiger partial charge in [-0.05, 0) is 22.0 Å². The molecule has 0 aliphatic rings. The van der Waals surface area contributed by atoms with E-state index in [1.807, 2.05) is 0 Å². The summed E-state index contributed by atoms with van der Waals surface area (Å²) >= 11 is 9.54. The number of thiophene rings is 1. The van der Waals surface area contributed by atoms with Gasteiger partial charge in [-0.1, -0.05) is 11.6 Å². The Morgan fingerprint density at radius 2 is 2.28 bits per heavy atom. The summed E-state index contributed by atoms with van der Waals surface area (Å²) in [6, 6.07) is 1.43. The summed E-state index contributed by atoms with van der Waals surface area (Å²) in [5, 5.41) is 8.30. The highest BCUT2D eigenvalue weighted by molar-refractivity contribution is 9.10. The summed E-state index contributed by atoms with van der Waals surface area (Å²) in [5.41, 5.74) is 0. The van der Waals surface area contributed by atoms with Crippen molar-refractivity contribution in [1.82, 2.24) is 4.72 Å². The van der Waals surface area contributed by atoms with E-state index in [0.717, 1.165) is 11.3 Å². The third-order valence-electron chi connectivity index (χ3n) is 1.83. The number of hydrogen-bond acceptors (Lipinski definition) is 4. The van der Waals surface area contributed by atoms with Crippen molar-refractivity contribution < 1.29 is 22.7 Å². The topological polar surface area (TPSA) is 83.5 Å². The zero-order valence-corrected chi connectivity index (χ0v) is 12.7. The van der Waals surface area contributed by atoms with Gasteiger partial charge in [-0.25, -0.2) is 22.3 Å². The molecule has 0 aliphatic heterocycles. The number of nitrogens with one attached hydrogen (secondary N) is 1.